The molecule has 0 saturated carbocycles. The molecule has 1 heterocycles. The van der Waals surface area contributed by atoms with Crippen LogP contribution in [-0.2, 0) is 6.42 Å². The van der Waals surface area contributed by atoms with E-state index < -0.39 is 0 Å². The molecule has 1 aliphatic heterocycles. The summed E-state index contributed by atoms with van der Waals surface area (Å²) in [5.74, 6) is 0. The summed E-state index contributed by atoms with van der Waals surface area (Å²) in [4.78, 5) is 2.34. The lowest BCUT2D eigenvalue weighted by molar-refractivity contribution is 0.527. The van der Waals surface area contributed by atoms with E-state index in [1.165, 1.54) is 17.7 Å². The maximum atomic E-state index is 5.98. The molecule has 1 atom stereocenters. The molecule has 1 aliphatic rings. The van der Waals surface area contributed by atoms with Gasteiger partial charge in [0.25, 0.3) is 0 Å². The molecule has 0 aromatic heterocycles. The van der Waals surface area contributed by atoms with Crippen molar-refractivity contribution in [3.8, 4) is 0 Å². The number of anilines is 1. The quantitative estimate of drug-likeness (QED) is 0.836. The Bertz CT molecular complexity index is 351. The summed E-state index contributed by atoms with van der Waals surface area (Å²) in [6.45, 7) is 0.762. The van der Waals surface area contributed by atoms with Gasteiger partial charge in [-0.25, -0.2) is 0 Å². The van der Waals surface area contributed by atoms with E-state index in [9.17, 15) is 0 Å². The first-order valence-corrected chi connectivity index (χ1v) is 5.81. The van der Waals surface area contributed by atoms with Crippen LogP contribution in [0.2, 0.25) is 5.02 Å². The number of halogens is 1. The molecular weight excluding hydrogens is 208 g/mol. The van der Waals surface area contributed by atoms with Gasteiger partial charge in [0.05, 0.1) is 0 Å². The van der Waals surface area contributed by atoms with Crippen molar-refractivity contribution >= 4 is 17.3 Å². The number of nitrogens with zero attached hydrogens (tertiary/aromatic N) is 1. The van der Waals surface area contributed by atoms with Crippen molar-refractivity contribution in [3.05, 3.63) is 28.8 Å². The second-order valence-corrected chi connectivity index (χ2v) is 4.59. The smallest absolute Gasteiger partial charge is 0.0410 e. The monoisotopic (exact) mass is 224 g/mol. The number of benzene rings is 1. The third-order valence-corrected chi connectivity index (χ3v) is 3.45. The average molecular weight is 225 g/mol. The summed E-state index contributed by atoms with van der Waals surface area (Å²) in [5, 5.41) is 0.833. The summed E-state index contributed by atoms with van der Waals surface area (Å²) in [5.41, 5.74) is 8.29. The van der Waals surface area contributed by atoms with Gasteiger partial charge in [-0.3, -0.25) is 0 Å². The minimum absolute atomic E-state index is 0.587. The normalized spacial score (nSPS) is 20.2. The Balaban J connectivity index is 2.26. The largest absolute Gasteiger partial charge is 0.371 e. The van der Waals surface area contributed by atoms with Crippen LogP contribution >= 0.6 is 11.6 Å². The van der Waals surface area contributed by atoms with Crippen LogP contribution in [0.25, 0.3) is 0 Å². The molecule has 15 heavy (non-hydrogen) atoms. The number of nitrogens with two attached hydrogens (primary N) is 1. The van der Waals surface area contributed by atoms with E-state index in [0.717, 1.165) is 24.4 Å². The van der Waals surface area contributed by atoms with Crippen LogP contribution in [0.3, 0.4) is 0 Å². The van der Waals surface area contributed by atoms with Crippen LogP contribution in [-0.4, -0.2) is 19.6 Å². The highest BCUT2D eigenvalue weighted by Gasteiger charge is 2.22. The van der Waals surface area contributed by atoms with Crippen molar-refractivity contribution in [2.75, 3.05) is 18.5 Å². The molecule has 0 aliphatic carbocycles. The predicted octanol–water partition coefficient (Wildman–Crippen LogP) is 2.44. The molecule has 2 rings (SSSR count). The minimum Gasteiger partial charge on any atom is -0.371 e. The van der Waals surface area contributed by atoms with Crippen LogP contribution in [0.5, 0.6) is 0 Å². The first kappa shape index (κ1) is 10.8. The zero-order valence-electron chi connectivity index (χ0n) is 9.04. The lowest BCUT2D eigenvalue weighted by Crippen LogP contribution is -2.37. The van der Waals surface area contributed by atoms with Crippen LogP contribution in [0, 0.1) is 0 Å². The fraction of sp³-hybridized carbons (Fsp3) is 0.500. The molecule has 1 unspecified atom stereocenters. The van der Waals surface area contributed by atoms with E-state index in [2.05, 4.69) is 24.1 Å². The SMILES string of the molecule is CN1c2ccc(Cl)cc2CCC1CCN. The van der Waals surface area contributed by atoms with Gasteiger partial charge in [0.15, 0.2) is 0 Å². The highest BCUT2D eigenvalue weighted by molar-refractivity contribution is 6.30. The molecule has 1 aromatic carbocycles. The standard InChI is InChI=1S/C12H17ClN2/c1-15-11(6-7-14)4-2-9-8-10(13)3-5-12(9)15/h3,5,8,11H,2,4,6-7,14H2,1H3. The average Bonchev–Trinajstić information content (AvgIpc) is 2.22. The molecule has 0 saturated heterocycles. The summed E-state index contributed by atoms with van der Waals surface area (Å²) in [6, 6.07) is 6.73. The molecule has 3 heteroatoms. The number of hydrogen-bond donors (Lipinski definition) is 1. The lowest BCUT2D eigenvalue weighted by atomic mass is 9.94. The Morgan fingerprint density at radius 3 is 3.07 bits per heavy atom. The zero-order valence-corrected chi connectivity index (χ0v) is 9.80. The Kier molecular flexibility index (Phi) is 3.17. The predicted molar refractivity (Wildman–Crippen MR) is 65.6 cm³/mol. The van der Waals surface area contributed by atoms with E-state index in [4.69, 9.17) is 17.3 Å². The van der Waals surface area contributed by atoms with Crippen LogP contribution in [0.15, 0.2) is 18.2 Å². The van der Waals surface area contributed by atoms with E-state index in [0.29, 0.717) is 6.04 Å². The van der Waals surface area contributed by atoms with Crippen molar-refractivity contribution in [2.45, 2.75) is 25.3 Å². The van der Waals surface area contributed by atoms with Gasteiger partial charge in [-0.1, -0.05) is 11.6 Å². The molecular formula is C12H17ClN2. The summed E-state index contributed by atoms with van der Waals surface area (Å²) < 4.78 is 0. The van der Waals surface area contributed by atoms with Gasteiger partial charge in [0.2, 0.25) is 0 Å². The van der Waals surface area contributed by atoms with E-state index >= 15 is 0 Å². The summed E-state index contributed by atoms with van der Waals surface area (Å²) in [6.07, 6.45) is 3.37. The van der Waals surface area contributed by atoms with Gasteiger partial charge in [0.1, 0.15) is 0 Å². The molecule has 1 aromatic rings. The van der Waals surface area contributed by atoms with Crippen molar-refractivity contribution in [2.24, 2.45) is 5.73 Å². The first-order valence-electron chi connectivity index (χ1n) is 5.43. The molecule has 0 spiro atoms. The van der Waals surface area contributed by atoms with Gasteiger partial charge in [-0.2, -0.15) is 0 Å². The molecule has 2 nitrogen and oxygen atoms in total. The van der Waals surface area contributed by atoms with Crippen molar-refractivity contribution < 1.29 is 0 Å². The van der Waals surface area contributed by atoms with Gasteiger partial charge >= 0.3 is 0 Å². The Hall–Kier alpha value is -0.730. The second-order valence-electron chi connectivity index (χ2n) is 4.15. The van der Waals surface area contributed by atoms with Crippen LogP contribution in [0.4, 0.5) is 5.69 Å². The summed E-state index contributed by atoms with van der Waals surface area (Å²) >= 11 is 5.98. The second kappa shape index (κ2) is 4.42. The Morgan fingerprint density at radius 2 is 2.33 bits per heavy atom. The maximum absolute atomic E-state index is 5.98. The van der Waals surface area contributed by atoms with Crippen molar-refractivity contribution in [1.29, 1.82) is 0 Å². The molecule has 0 fully saturated rings. The highest BCUT2D eigenvalue weighted by Crippen LogP contribution is 2.32. The molecule has 82 valence electrons. The van der Waals surface area contributed by atoms with Crippen LogP contribution in [0.1, 0.15) is 18.4 Å². The number of rotatable bonds is 2. The van der Waals surface area contributed by atoms with Crippen molar-refractivity contribution in [3.63, 3.8) is 0 Å². The molecule has 2 N–H and O–H groups in total. The highest BCUT2D eigenvalue weighted by atomic mass is 35.5. The molecule has 0 bridgehead atoms. The first-order chi connectivity index (χ1) is 7.22. The van der Waals surface area contributed by atoms with Crippen LogP contribution < -0.4 is 10.6 Å². The topological polar surface area (TPSA) is 29.3 Å². The van der Waals surface area contributed by atoms with E-state index in [1.807, 2.05) is 6.07 Å². The number of aryl methyl sites for hydroxylation is 1. The summed E-state index contributed by atoms with van der Waals surface area (Å²) in [7, 11) is 2.15. The lowest BCUT2D eigenvalue weighted by Gasteiger charge is -2.36. The number of fused-ring (bicyclic) bond motifs is 1. The Morgan fingerprint density at radius 1 is 1.53 bits per heavy atom. The van der Waals surface area contributed by atoms with Gasteiger partial charge in [-0.05, 0) is 49.6 Å². The fourth-order valence-electron chi connectivity index (χ4n) is 2.34. The van der Waals surface area contributed by atoms with E-state index in [-0.39, 0.29) is 0 Å². The number of hydrogen-bond acceptors (Lipinski definition) is 2. The van der Waals surface area contributed by atoms with Gasteiger partial charge in [-0.15, -0.1) is 0 Å². The van der Waals surface area contributed by atoms with E-state index in [1.54, 1.807) is 0 Å². The third-order valence-electron chi connectivity index (χ3n) is 3.22. The van der Waals surface area contributed by atoms with Gasteiger partial charge < -0.3 is 10.6 Å². The third kappa shape index (κ3) is 2.11. The maximum Gasteiger partial charge on any atom is 0.0410 e. The molecule has 0 amide bonds. The van der Waals surface area contributed by atoms with Gasteiger partial charge in [0, 0.05) is 23.8 Å². The minimum atomic E-state index is 0.587. The Labute approximate surface area is 96.0 Å². The zero-order chi connectivity index (χ0) is 10.8. The van der Waals surface area contributed by atoms with Crippen molar-refractivity contribution in [1.82, 2.24) is 0 Å². The molecule has 0 radical (unpaired) electrons. The fourth-order valence-corrected chi connectivity index (χ4v) is 2.54.